The third-order valence-corrected chi connectivity index (χ3v) is 3.73. The molecule has 0 aromatic heterocycles. The van der Waals surface area contributed by atoms with E-state index < -0.39 is 17.9 Å². The number of carbonyl (C=O) groups excluding carboxylic acids is 1. The van der Waals surface area contributed by atoms with Crippen molar-refractivity contribution in [2.75, 3.05) is 20.3 Å². The number of carbonyl (C=O) groups is 2. The molecule has 0 bridgehead atoms. The molecule has 2 rings (SSSR count). The lowest BCUT2D eigenvalue weighted by Crippen LogP contribution is -2.44. The standard InChI is InChI=1S/C13H13Cl2NO4/c1-16(11-6-20-5-10(11)13(18)19)12(17)7-2-8(14)4-9(15)3-7/h2-4,10-11H,5-6H2,1H3,(H,18,19). The van der Waals surface area contributed by atoms with Gasteiger partial charge in [0, 0.05) is 22.7 Å². The molecule has 1 saturated heterocycles. The molecule has 7 heteroatoms. The number of nitrogens with zero attached hydrogens (tertiary/aromatic N) is 1. The number of amides is 1. The predicted molar refractivity (Wildman–Crippen MR) is 74.3 cm³/mol. The van der Waals surface area contributed by atoms with E-state index in [-0.39, 0.29) is 19.1 Å². The summed E-state index contributed by atoms with van der Waals surface area (Å²) in [6.45, 7) is 0.307. The van der Waals surface area contributed by atoms with Crippen molar-refractivity contribution in [3.05, 3.63) is 33.8 Å². The summed E-state index contributed by atoms with van der Waals surface area (Å²) in [5.74, 6) is -2.04. The second-order valence-corrected chi connectivity index (χ2v) is 5.50. The van der Waals surface area contributed by atoms with Crippen molar-refractivity contribution in [3.8, 4) is 0 Å². The molecule has 20 heavy (non-hydrogen) atoms. The average molecular weight is 318 g/mol. The molecule has 1 aliphatic heterocycles. The number of aliphatic carboxylic acids is 1. The van der Waals surface area contributed by atoms with E-state index in [1.807, 2.05) is 0 Å². The van der Waals surface area contributed by atoms with Gasteiger partial charge in [-0.2, -0.15) is 0 Å². The molecule has 1 aromatic carbocycles. The van der Waals surface area contributed by atoms with E-state index in [1.165, 1.54) is 23.1 Å². The topological polar surface area (TPSA) is 66.8 Å². The van der Waals surface area contributed by atoms with Crippen LogP contribution < -0.4 is 0 Å². The largest absolute Gasteiger partial charge is 0.481 e. The van der Waals surface area contributed by atoms with Gasteiger partial charge in [-0.05, 0) is 18.2 Å². The molecule has 0 aliphatic carbocycles. The van der Waals surface area contributed by atoms with Gasteiger partial charge in [0.05, 0.1) is 19.3 Å². The highest BCUT2D eigenvalue weighted by atomic mass is 35.5. The van der Waals surface area contributed by atoms with E-state index in [2.05, 4.69) is 0 Å². The van der Waals surface area contributed by atoms with Gasteiger partial charge in [-0.1, -0.05) is 23.2 Å². The van der Waals surface area contributed by atoms with Crippen molar-refractivity contribution in [2.24, 2.45) is 5.92 Å². The van der Waals surface area contributed by atoms with Gasteiger partial charge in [-0.15, -0.1) is 0 Å². The highest BCUT2D eigenvalue weighted by Gasteiger charge is 2.38. The van der Waals surface area contributed by atoms with Gasteiger partial charge in [-0.3, -0.25) is 9.59 Å². The molecular weight excluding hydrogens is 305 g/mol. The van der Waals surface area contributed by atoms with Gasteiger partial charge in [0.25, 0.3) is 5.91 Å². The minimum atomic E-state index is -0.976. The highest BCUT2D eigenvalue weighted by Crippen LogP contribution is 2.24. The summed E-state index contributed by atoms with van der Waals surface area (Å²) >= 11 is 11.7. The molecule has 1 aliphatic rings. The summed E-state index contributed by atoms with van der Waals surface area (Å²) < 4.78 is 5.16. The molecule has 1 aromatic rings. The van der Waals surface area contributed by atoms with E-state index in [4.69, 9.17) is 33.0 Å². The Hall–Kier alpha value is -1.30. The van der Waals surface area contributed by atoms with E-state index in [9.17, 15) is 9.59 Å². The second kappa shape index (κ2) is 5.99. The first-order valence-corrected chi connectivity index (χ1v) is 6.69. The van der Waals surface area contributed by atoms with Crippen LogP contribution in [0.2, 0.25) is 10.0 Å². The Labute approximate surface area is 126 Å². The quantitative estimate of drug-likeness (QED) is 0.927. The molecule has 2 unspecified atom stereocenters. The predicted octanol–water partition coefficient (Wildman–Crippen LogP) is 2.16. The van der Waals surface area contributed by atoms with Crippen LogP contribution in [0, 0.1) is 5.92 Å². The normalized spacial score (nSPS) is 21.8. The molecule has 1 amide bonds. The molecule has 108 valence electrons. The van der Waals surface area contributed by atoms with Crippen LogP contribution >= 0.6 is 23.2 Å². The minimum absolute atomic E-state index is 0.105. The van der Waals surface area contributed by atoms with Gasteiger partial charge in [0.2, 0.25) is 0 Å². The van der Waals surface area contributed by atoms with Crippen molar-refractivity contribution < 1.29 is 19.4 Å². The molecule has 0 spiro atoms. The van der Waals surface area contributed by atoms with E-state index >= 15 is 0 Å². The summed E-state index contributed by atoms with van der Waals surface area (Å²) in [6, 6.07) is 4.02. The fourth-order valence-electron chi connectivity index (χ4n) is 2.19. The van der Waals surface area contributed by atoms with Crippen LogP contribution in [0.25, 0.3) is 0 Å². The Morgan fingerprint density at radius 3 is 2.40 bits per heavy atom. The lowest BCUT2D eigenvalue weighted by Gasteiger charge is -2.26. The van der Waals surface area contributed by atoms with Crippen LogP contribution in [0.1, 0.15) is 10.4 Å². The third kappa shape index (κ3) is 3.06. The van der Waals surface area contributed by atoms with Gasteiger partial charge >= 0.3 is 5.97 Å². The van der Waals surface area contributed by atoms with Crippen LogP contribution in [0.3, 0.4) is 0 Å². The molecule has 0 radical (unpaired) electrons. The lowest BCUT2D eigenvalue weighted by molar-refractivity contribution is -0.142. The minimum Gasteiger partial charge on any atom is -0.481 e. The van der Waals surface area contributed by atoms with Crippen molar-refractivity contribution in [1.82, 2.24) is 4.90 Å². The Bertz CT molecular complexity index is 529. The zero-order valence-corrected chi connectivity index (χ0v) is 12.2. The summed E-state index contributed by atoms with van der Waals surface area (Å²) in [5.41, 5.74) is 0.320. The maximum Gasteiger partial charge on any atom is 0.311 e. The van der Waals surface area contributed by atoms with Gasteiger partial charge in [0.1, 0.15) is 5.92 Å². The molecule has 1 heterocycles. The molecule has 1 fully saturated rings. The van der Waals surface area contributed by atoms with Crippen molar-refractivity contribution >= 4 is 35.1 Å². The number of rotatable bonds is 3. The molecular formula is C13H13Cl2NO4. The number of carboxylic acids is 1. The molecule has 1 N–H and O–H groups in total. The Balaban J connectivity index is 2.22. The maximum atomic E-state index is 12.4. The summed E-state index contributed by atoms with van der Waals surface area (Å²) in [5, 5.41) is 9.82. The van der Waals surface area contributed by atoms with Crippen LogP contribution in [-0.4, -0.2) is 48.2 Å². The van der Waals surface area contributed by atoms with Gasteiger partial charge in [0.15, 0.2) is 0 Å². The van der Waals surface area contributed by atoms with Crippen molar-refractivity contribution in [3.63, 3.8) is 0 Å². The molecule has 0 saturated carbocycles. The van der Waals surface area contributed by atoms with Crippen LogP contribution in [0.15, 0.2) is 18.2 Å². The number of hydrogen-bond donors (Lipinski definition) is 1. The monoisotopic (exact) mass is 317 g/mol. The van der Waals surface area contributed by atoms with Crippen LogP contribution in [0.4, 0.5) is 0 Å². The number of hydrogen-bond acceptors (Lipinski definition) is 3. The number of ether oxygens (including phenoxy) is 1. The maximum absolute atomic E-state index is 12.4. The Morgan fingerprint density at radius 1 is 1.25 bits per heavy atom. The van der Waals surface area contributed by atoms with E-state index in [1.54, 1.807) is 7.05 Å². The van der Waals surface area contributed by atoms with Crippen molar-refractivity contribution in [2.45, 2.75) is 6.04 Å². The first kappa shape index (κ1) is 15.1. The number of halogens is 2. The first-order valence-electron chi connectivity index (χ1n) is 5.94. The smallest absolute Gasteiger partial charge is 0.311 e. The number of benzene rings is 1. The Kier molecular flexibility index (Phi) is 4.52. The Morgan fingerprint density at radius 2 is 1.85 bits per heavy atom. The number of likely N-dealkylation sites (N-methyl/N-ethyl adjacent to an activating group) is 1. The number of carboxylic acid groups (broad SMARTS) is 1. The van der Waals surface area contributed by atoms with Crippen molar-refractivity contribution in [1.29, 1.82) is 0 Å². The molecule has 5 nitrogen and oxygen atoms in total. The lowest BCUT2D eigenvalue weighted by atomic mass is 10.0. The van der Waals surface area contributed by atoms with E-state index in [0.29, 0.717) is 15.6 Å². The summed E-state index contributed by atoms with van der Waals surface area (Å²) in [7, 11) is 1.55. The molecule has 2 atom stereocenters. The van der Waals surface area contributed by atoms with Crippen LogP contribution in [0.5, 0.6) is 0 Å². The third-order valence-electron chi connectivity index (χ3n) is 3.30. The summed E-state index contributed by atoms with van der Waals surface area (Å²) in [4.78, 5) is 24.9. The average Bonchev–Trinajstić information content (AvgIpc) is 2.85. The van der Waals surface area contributed by atoms with Gasteiger partial charge in [-0.25, -0.2) is 0 Å². The zero-order valence-electron chi connectivity index (χ0n) is 10.7. The zero-order chi connectivity index (χ0) is 14.9. The fourth-order valence-corrected chi connectivity index (χ4v) is 2.72. The van der Waals surface area contributed by atoms with Crippen LogP contribution in [-0.2, 0) is 9.53 Å². The van der Waals surface area contributed by atoms with Gasteiger partial charge < -0.3 is 14.7 Å². The fraction of sp³-hybridized carbons (Fsp3) is 0.385. The SMILES string of the molecule is CN(C(=O)c1cc(Cl)cc(Cl)c1)C1COCC1C(=O)O. The van der Waals surface area contributed by atoms with E-state index in [0.717, 1.165) is 0 Å². The second-order valence-electron chi connectivity index (χ2n) is 4.62. The highest BCUT2D eigenvalue weighted by molar-refractivity contribution is 6.35. The summed E-state index contributed by atoms with van der Waals surface area (Å²) in [6.07, 6.45) is 0. The first-order chi connectivity index (χ1) is 9.40.